The Kier molecular flexibility index (Phi) is 5.83. The van der Waals surface area contributed by atoms with Gasteiger partial charge in [-0.3, -0.25) is 24.4 Å². The van der Waals surface area contributed by atoms with Gasteiger partial charge in [0.2, 0.25) is 5.91 Å². The maximum atomic E-state index is 12.9. The average Bonchev–Trinajstić information content (AvgIpc) is 3.41. The van der Waals surface area contributed by atoms with Crippen molar-refractivity contribution in [2.24, 2.45) is 18.9 Å². The minimum absolute atomic E-state index is 0.00403. The predicted molar refractivity (Wildman–Crippen MR) is 115 cm³/mol. The first-order valence-corrected chi connectivity index (χ1v) is 11.3. The molecule has 31 heavy (non-hydrogen) atoms. The summed E-state index contributed by atoms with van der Waals surface area (Å²) >= 11 is 1.37. The highest BCUT2D eigenvalue weighted by atomic mass is 32.1. The van der Waals surface area contributed by atoms with Gasteiger partial charge in [0.05, 0.1) is 23.6 Å². The molecule has 1 atom stereocenters. The number of hydrogen-bond donors (Lipinski definition) is 1. The molecule has 0 aliphatic carbocycles. The number of cyclic esters (lactones) is 1. The highest BCUT2D eigenvalue weighted by molar-refractivity contribution is 7.13. The number of carbonyl (C=O) groups is 3. The summed E-state index contributed by atoms with van der Waals surface area (Å²) in [5.41, 5.74) is 0.565. The van der Waals surface area contributed by atoms with E-state index in [0.717, 1.165) is 18.5 Å². The summed E-state index contributed by atoms with van der Waals surface area (Å²) in [4.78, 5) is 43.2. The number of hydrogen-bond acceptors (Lipinski definition) is 7. The molecule has 2 aliphatic rings. The summed E-state index contributed by atoms with van der Waals surface area (Å²) in [6.07, 6.45) is 5.87. The third-order valence-electron chi connectivity index (χ3n) is 6.10. The van der Waals surface area contributed by atoms with Crippen molar-refractivity contribution in [1.82, 2.24) is 19.7 Å². The van der Waals surface area contributed by atoms with Crippen molar-refractivity contribution in [1.29, 1.82) is 0 Å². The zero-order valence-electron chi connectivity index (χ0n) is 18.0. The molecule has 2 fully saturated rings. The minimum atomic E-state index is -0.751. The Morgan fingerprint density at radius 2 is 2.06 bits per heavy atom. The molecule has 0 radical (unpaired) electrons. The number of esters is 1. The Morgan fingerprint density at radius 1 is 1.32 bits per heavy atom. The van der Waals surface area contributed by atoms with Gasteiger partial charge in [0.25, 0.3) is 5.91 Å². The van der Waals surface area contributed by atoms with E-state index in [4.69, 9.17) is 4.74 Å². The van der Waals surface area contributed by atoms with Crippen LogP contribution in [0.2, 0.25) is 0 Å². The third-order valence-corrected chi connectivity index (χ3v) is 6.78. The minimum Gasteiger partial charge on any atom is -0.459 e. The van der Waals surface area contributed by atoms with Gasteiger partial charge in [0, 0.05) is 37.9 Å². The van der Waals surface area contributed by atoms with Crippen LogP contribution in [0.4, 0.5) is 5.13 Å². The molecule has 4 heterocycles. The Morgan fingerprint density at radius 3 is 2.68 bits per heavy atom. The number of nitrogens with one attached hydrogen (secondary N) is 1. The predicted octanol–water partition coefficient (Wildman–Crippen LogP) is 2.25. The van der Waals surface area contributed by atoms with E-state index in [1.54, 1.807) is 38.0 Å². The summed E-state index contributed by atoms with van der Waals surface area (Å²) in [6.45, 7) is 4.87. The van der Waals surface area contributed by atoms with E-state index >= 15 is 0 Å². The number of thiazole rings is 1. The Bertz CT molecular complexity index is 976. The fourth-order valence-corrected chi connectivity index (χ4v) is 4.90. The van der Waals surface area contributed by atoms with Gasteiger partial charge in [0.1, 0.15) is 5.60 Å². The number of carbonyl (C=O) groups excluding carboxylic acids is 3. The van der Waals surface area contributed by atoms with Gasteiger partial charge in [-0.25, -0.2) is 4.98 Å². The van der Waals surface area contributed by atoms with Crippen molar-refractivity contribution in [3.05, 3.63) is 29.0 Å². The topological polar surface area (TPSA) is 106 Å². The van der Waals surface area contributed by atoms with Gasteiger partial charge in [-0.1, -0.05) is 0 Å². The molecule has 2 aromatic heterocycles. The van der Waals surface area contributed by atoms with Crippen molar-refractivity contribution in [2.75, 3.05) is 18.4 Å². The molecule has 9 nitrogen and oxygen atoms in total. The van der Waals surface area contributed by atoms with E-state index < -0.39 is 11.5 Å². The van der Waals surface area contributed by atoms with Gasteiger partial charge >= 0.3 is 5.97 Å². The van der Waals surface area contributed by atoms with Crippen molar-refractivity contribution >= 4 is 34.3 Å². The van der Waals surface area contributed by atoms with Crippen LogP contribution in [0.3, 0.4) is 0 Å². The highest BCUT2D eigenvalue weighted by Crippen LogP contribution is 2.35. The van der Waals surface area contributed by atoms with Crippen molar-refractivity contribution in [3.8, 4) is 0 Å². The molecule has 2 amide bonds. The van der Waals surface area contributed by atoms with E-state index in [-0.39, 0.29) is 24.2 Å². The second-order valence-electron chi connectivity index (χ2n) is 8.76. The fourth-order valence-electron chi connectivity index (χ4n) is 4.38. The number of likely N-dealkylation sites (tertiary alicyclic amines) is 1. The first-order chi connectivity index (χ1) is 14.7. The SMILES string of the molecule is Cn1cc(C(=O)Nc2nccs2)c(CC2CCN(C(=O)[C@@H]3CC(=O)OC3(C)C)CC2)n1. The maximum Gasteiger partial charge on any atom is 0.307 e. The normalized spacial score (nSPS) is 21.2. The van der Waals surface area contributed by atoms with Crippen LogP contribution in [-0.2, 0) is 27.8 Å². The molecule has 2 aliphatic heterocycles. The Labute approximate surface area is 184 Å². The molecule has 0 bridgehead atoms. The Hall–Kier alpha value is -2.75. The standard InChI is InChI=1S/C21H27N5O4S/c1-21(2)15(11-17(27)30-21)19(29)26-7-4-13(5-8-26)10-16-14(12-25(3)24-16)18(28)23-20-22-6-9-31-20/h6,9,12-13,15H,4-5,7-8,10-11H2,1-3H3,(H,22,23,28)/t15-/m0/s1. The number of amides is 2. The Balaban J connectivity index is 1.36. The van der Waals surface area contributed by atoms with E-state index in [9.17, 15) is 14.4 Å². The van der Waals surface area contributed by atoms with Gasteiger partial charge < -0.3 is 9.64 Å². The van der Waals surface area contributed by atoms with Gasteiger partial charge in [-0.2, -0.15) is 5.10 Å². The van der Waals surface area contributed by atoms with E-state index in [1.807, 2.05) is 10.3 Å². The zero-order valence-corrected chi connectivity index (χ0v) is 18.8. The molecule has 4 rings (SSSR count). The lowest BCUT2D eigenvalue weighted by atomic mass is 9.87. The zero-order chi connectivity index (χ0) is 22.2. The van der Waals surface area contributed by atoms with E-state index in [0.29, 0.717) is 36.1 Å². The molecule has 2 saturated heterocycles. The smallest absolute Gasteiger partial charge is 0.307 e. The lowest BCUT2D eigenvalue weighted by Crippen LogP contribution is -2.46. The second kappa shape index (κ2) is 8.41. The molecule has 0 aromatic carbocycles. The molecular formula is C21H27N5O4S. The summed E-state index contributed by atoms with van der Waals surface area (Å²) in [5.74, 6) is -0.611. The summed E-state index contributed by atoms with van der Waals surface area (Å²) < 4.78 is 6.97. The molecule has 0 unspecified atom stereocenters. The number of aryl methyl sites for hydroxylation is 1. The number of rotatable bonds is 5. The van der Waals surface area contributed by atoms with E-state index in [1.165, 1.54) is 11.3 Å². The lowest BCUT2D eigenvalue weighted by Gasteiger charge is -2.35. The third kappa shape index (κ3) is 4.63. The summed E-state index contributed by atoms with van der Waals surface area (Å²) in [5, 5.41) is 9.69. The first-order valence-electron chi connectivity index (χ1n) is 10.5. The molecule has 0 saturated carbocycles. The molecule has 2 aromatic rings. The van der Waals surface area contributed by atoms with Crippen LogP contribution in [0, 0.1) is 11.8 Å². The van der Waals surface area contributed by atoms with Crippen LogP contribution in [0.15, 0.2) is 17.8 Å². The highest BCUT2D eigenvalue weighted by Gasteiger charge is 2.47. The quantitative estimate of drug-likeness (QED) is 0.708. The van der Waals surface area contributed by atoms with Gasteiger partial charge in [-0.05, 0) is 39.0 Å². The van der Waals surface area contributed by atoms with Crippen molar-refractivity contribution in [2.45, 2.75) is 45.1 Å². The van der Waals surface area contributed by atoms with Gasteiger partial charge in [-0.15, -0.1) is 11.3 Å². The maximum absolute atomic E-state index is 12.9. The molecule has 0 spiro atoms. The van der Waals surface area contributed by atoms with Crippen LogP contribution in [-0.4, -0.2) is 56.1 Å². The molecular weight excluding hydrogens is 418 g/mol. The number of piperidine rings is 1. The second-order valence-corrected chi connectivity index (χ2v) is 9.66. The largest absolute Gasteiger partial charge is 0.459 e. The van der Waals surface area contributed by atoms with Crippen LogP contribution in [0.1, 0.15) is 49.2 Å². The van der Waals surface area contributed by atoms with Crippen LogP contribution in [0.25, 0.3) is 0 Å². The average molecular weight is 446 g/mol. The molecule has 166 valence electrons. The van der Waals surface area contributed by atoms with Gasteiger partial charge in [0.15, 0.2) is 5.13 Å². The van der Waals surface area contributed by atoms with Crippen LogP contribution < -0.4 is 5.32 Å². The monoisotopic (exact) mass is 445 g/mol. The van der Waals surface area contributed by atoms with Crippen LogP contribution in [0.5, 0.6) is 0 Å². The first kappa shape index (κ1) is 21.5. The number of anilines is 1. The van der Waals surface area contributed by atoms with Crippen molar-refractivity contribution in [3.63, 3.8) is 0 Å². The summed E-state index contributed by atoms with van der Waals surface area (Å²) in [7, 11) is 1.80. The number of aromatic nitrogens is 3. The molecule has 1 N–H and O–H groups in total. The van der Waals surface area contributed by atoms with E-state index in [2.05, 4.69) is 15.4 Å². The van der Waals surface area contributed by atoms with Crippen LogP contribution >= 0.6 is 11.3 Å². The lowest BCUT2D eigenvalue weighted by molar-refractivity contribution is -0.149. The number of ether oxygens (including phenoxy) is 1. The summed E-state index contributed by atoms with van der Waals surface area (Å²) in [6, 6.07) is 0. The number of nitrogens with zero attached hydrogens (tertiary/aromatic N) is 4. The molecule has 10 heteroatoms. The fraction of sp³-hybridized carbons (Fsp3) is 0.571. The van der Waals surface area contributed by atoms with Crippen molar-refractivity contribution < 1.29 is 19.1 Å².